The summed E-state index contributed by atoms with van der Waals surface area (Å²) in [6.07, 6.45) is -1.10. The van der Waals surface area contributed by atoms with Crippen LogP contribution in [0, 0.1) is 6.92 Å². The van der Waals surface area contributed by atoms with Crippen LogP contribution in [0.3, 0.4) is 0 Å². The molecule has 154 valence electrons. The van der Waals surface area contributed by atoms with E-state index in [2.05, 4.69) is 9.97 Å². The van der Waals surface area contributed by atoms with Crippen LogP contribution >= 0.6 is 11.6 Å². The fourth-order valence-corrected chi connectivity index (χ4v) is 3.70. The summed E-state index contributed by atoms with van der Waals surface area (Å²) in [7, 11) is 3.41. The Morgan fingerprint density at radius 2 is 2.00 bits per heavy atom. The first kappa shape index (κ1) is 19.8. The van der Waals surface area contributed by atoms with Gasteiger partial charge in [-0.3, -0.25) is 0 Å². The van der Waals surface area contributed by atoms with E-state index in [9.17, 15) is 8.78 Å². The van der Waals surface area contributed by atoms with Gasteiger partial charge in [0.25, 0.3) is 5.92 Å². The van der Waals surface area contributed by atoms with Gasteiger partial charge in [0.1, 0.15) is 17.7 Å². The number of nitrogens with zero attached hydrogens (tertiary/aromatic N) is 3. The molecule has 1 aliphatic carbocycles. The van der Waals surface area contributed by atoms with Crippen LogP contribution in [0.2, 0.25) is 5.02 Å². The van der Waals surface area contributed by atoms with Gasteiger partial charge in [-0.2, -0.15) is 4.98 Å². The van der Waals surface area contributed by atoms with Crippen LogP contribution in [0.4, 0.5) is 8.78 Å². The first-order valence-electron chi connectivity index (χ1n) is 9.07. The van der Waals surface area contributed by atoms with Gasteiger partial charge in [-0.1, -0.05) is 11.6 Å². The molecule has 0 amide bonds. The number of rotatable bonds is 6. The molecule has 0 unspecified atom stereocenters. The Morgan fingerprint density at radius 3 is 2.69 bits per heavy atom. The molecule has 29 heavy (non-hydrogen) atoms. The number of aryl methyl sites for hydroxylation is 2. The van der Waals surface area contributed by atoms with E-state index < -0.39 is 12.0 Å². The number of aromatic nitrogens is 3. The SMILES string of the molecule is COCOc1cc(Cl)cc(C)c1-c1nc2nc(OC3CC(F)(F)C3)ccc2n1C. The van der Waals surface area contributed by atoms with Crippen LogP contribution in [0.1, 0.15) is 18.4 Å². The number of fused-ring (bicyclic) bond motifs is 1. The molecule has 4 rings (SSSR count). The largest absolute Gasteiger partial charge is 0.474 e. The van der Waals surface area contributed by atoms with Crippen LogP contribution < -0.4 is 9.47 Å². The third-order valence-corrected chi connectivity index (χ3v) is 5.10. The molecule has 0 saturated heterocycles. The number of hydrogen-bond donors (Lipinski definition) is 0. The van der Waals surface area contributed by atoms with Gasteiger partial charge in [0.2, 0.25) is 5.88 Å². The molecule has 1 fully saturated rings. The molecule has 1 aromatic carbocycles. The van der Waals surface area contributed by atoms with E-state index in [1.54, 1.807) is 12.1 Å². The molecule has 1 saturated carbocycles. The normalized spacial score (nSPS) is 16.1. The quantitative estimate of drug-likeness (QED) is 0.535. The standard InChI is InChI=1S/C20H20ClF2N3O3/c1-11-6-12(21)7-15(28-10-27-3)17(11)19-25-18-14(26(19)2)4-5-16(24-18)29-13-8-20(22,23)9-13/h4-7,13H,8-10H2,1-3H3. The Hall–Kier alpha value is -2.45. The summed E-state index contributed by atoms with van der Waals surface area (Å²) in [5.74, 6) is -1.17. The van der Waals surface area contributed by atoms with E-state index in [0.717, 1.165) is 16.6 Å². The van der Waals surface area contributed by atoms with Crippen molar-refractivity contribution in [2.75, 3.05) is 13.9 Å². The van der Waals surface area contributed by atoms with Gasteiger partial charge in [0.05, 0.1) is 11.1 Å². The van der Waals surface area contributed by atoms with E-state index in [0.29, 0.717) is 22.2 Å². The monoisotopic (exact) mass is 423 g/mol. The lowest BCUT2D eigenvalue weighted by molar-refractivity contribution is -0.135. The summed E-state index contributed by atoms with van der Waals surface area (Å²) in [5.41, 5.74) is 2.89. The summed E-state index contributed by atoms with van der Waals surface area (Å²) >= 11 is 6.19. The number of methoxy groups -OCH3 is 1. The van der Waals surface area contributed by atoms with E-state index in [4.69, 9.17) is 25.8 Å². The highest BCUT2D eigenvalue weighted by Gasteiger charge is 2.47. The number of hydrogen-bond acceptors (Lipinski definition) is 5. The highest BCUT2D eigenvalue weighted by molar-refractivity contribution is 6.31. The molecule has 1 aliphatic rings. The summed E-state index contributed by atoms with van der Waals surface area (Å²) < 4.78 is 44.2. The zero-order chi connectivity index (χ0) is 20.8. The minimum absolute atomic E-state index is 0.0684. The lowest BCUT2D eigenvalue weighted by atomic mass is 9.91. The van der Waals surface area contributed by atoms with Gasteiger partial charge >= 0.3 is 0 Å². The maximum atomic E-state index is 13.0. The maximum Gasteiger partial charge on any atom is 0.255 e. The van der Waals surface area contributed by atoms with Crippen LogP contribution in [0.15, 0.2) is 24.3 Å². The number of alkyl halides is 2. The highest BCUT2D eigenvalue weighted by atomic mass is 35.5. The van der Waals surface area contributed by atoms with Crippen molar-refractivity contribution >= 4 is 22.8 Å². The molecular weight excluding hydrogens is 404 g/mol. The van der Waals surface area contributed by atoms with E-state index in [1.165, 1.54) is 7.11 Å². The molecule has 2 heterocycles. The van der Waals surface area contributed by atoms with Crippen LogP contribution in [-0.2, 0) is 11.8 Å². The first-order chi connectivity index (χ1) is 13.8. The summed E-state index contributed by atoms with van der Waals surface area (Å²) in [4.78, 5) is 9.04. The van der Waals surface area contributed by atoms with Crippen molar-refractivity contribution in [2.45, 2.75) is 31.8 Å². The molecule has 0 bridgehead atoms. The number of imidazole rings is 1. The Balaban J connectivity index is 1.71. The molecule has 0 aliphatic heterocycles. The van der Waals surface area contributed by atoms with Gasteiger partial charge in [-0.25, -0.2) is 13.8 Å². The van der Waals surface area contributed by atoms with Gasteiger partial charge < -0.3 is 18.8 Å². The first-order valence-corrected chi connectivity index (χ1v) is 9.45. The zero-order valence-corrected chi connectivity index (χ0v) is 17.0. The second-order valence-electron chi connectivity index (χ2n) is 7.14. The maximum absolute atomic E-state index is 13.0. The molecular formula is C20H20ClF2N3O3. The summed E-state index contributed by atoms with van der Waals surface area (Å²) in [6, 6.07) is 7.02. The fourth-order valence-electron chi connectivity index (χ4n) is 3.44. The third-order valence-electron chi connectivity index (χ3n) is 4.88. The molecule has 0 N–H and O–H groups in total. The van der Waals surface area contributed by atoms with Crippen molar-refractivity contribution in [3.05, 3.63) is 34.9 Å². The van der Waals surface area contributed by atoms with E-state index in [-0.39, 0.29) is 25.5 Å². The van der Waals surface area contributed by atoms with Crippen molar-refractivity contribution < 1.29 is 23.0 Å². The smallest absolute Gasteiger partial charge is 0.255 e. The van der Waals surface area contributed by atoms with Gasteiger partial charge in [0.15, 0.2) is 12.4 Å². The number of pyridine rings is 1. The molecule has 3 aromatic rings. The average molecular weight is 424 g/mol. The lowest BCUT2D eigenvalue weighted by Gasteiger charge is -2.34. The lowest BCUT2D eigenvalue weighted by Crippen LogP contribution is -2.43. The predicted octanol–water partition coefficient (Wildman–Crippen LogP) is 4.76. The number of halogens is 3. The second kappa shape index (κ2) is 7.42. The molecule has 0 atom stereocenters. The number of ether oxygens (including phenoxy) is 3. The Bertz CT molecular complexity index is 1060. The molecule has 0 spiro atoms. The third kappa shape index (κ3) is 3.86. The van der Waals surface area contributed by atoms with Gasteiger partial charge in [-0.05, 0) is 30.7 Å². The predicted molar refractivity (Wildman–Crippen MR) is 105 cm³/mol. The Morgan fingerprint density at radius 1 is 1.24 bits per heavy atom. The zero-order valence-electron chi connectivity index (χ0n) is 16.2. The van der Waals surface area contributed by atoms with Crippen molar-refractivity contribution in [1.82, 2.24) is 14.5 Å². The van der Waals surface area contributed by atoms with Crippen molar-refractivity contribution in [1.29, 1.82) is 0 Å². The minimum atomic E-state index is -2.64. The molecule has 9 heteroatoms. The van der Waals surface area contributed by atoms with E-state index >= 15 is 0 Å². The molecule has 2 aromatic heterocycles. The van der Waals surface area contributed by atoms with Crippen LogP contribution in [-0.4, -0.2) is 40.5 Å². The van der Waals surface area contributed by atoms with E-state index in [1.807, 2.05) is 30.7 Å². The summed E-state index contributed by atoms with van der Waals surface area (Å²) in [6.45, 7) is 1.98. The van der Waals surface area contributed by atoms with Gasteiger partial charge in [0, 0.05) is 38.1 Å². The van der Waals surface area contributed by atoms with Crippen LogP contribution in [0.25, 0.3) is 22.6 Å². The van der Waals surface area contributed by atoms with Crippen LogP contribution in [0.5, 0.6) is 11.6 Å². The minimum Gasteiger partial charge on any atom is -0.474 e. The molecule has 6 nitrogen and oxygen atoms in total. The van der Waals surface area contributed by atoms with Crippen molar-refractivity contribution in [3.63, 3.8) is 0 Å². The van der Waals surface area contributed by atoms with Crippen molar-refractivity contribution in [3.8, 4) is 23.0 Å². The fraction of sp³-hybridized carbons (Fsp3) is 0.400. The Labute approximate surface area is 171 Å². The topological polar surface area (TPSA) is 58.4 Å². The van der Waals surface area contributed by atoms with Gasteiger partial charge in [-0.15, -0.1) is 0 Å². The number of benzene rings is 1. The summed E-state index contributed by atoms with van der Waals surface area (Å²) in [5, 5.41) is 0.544. The van der Waals surface area contributed by atoms with Crippen molar-refractivity contribution in [2.24, 2.45) is 7.05 Å². The highest BCUT2D eigenvalue weighted by Crippen LogP contribution is 2.40. The average Bonchev–Trinajstić information content (AvgIpc) is 2.93. The molecule has 0 radical (unpaired) electrons. The Kier molecular flexibility index (Phi) is 5.08. The second-order valence-corrected chi connectivity index (χ2v) is 7.57.